The second-order valence-electron chi connectivity index (χ2n) is 6.00. The molecule has 0 fully saturated rings. The van der Waals surface area contributed by atoms with Gasteiger partial charge in [0, 0.05) is 16.3 Å². The molecule has 3 rings (SSSR count). The SMILES string of the molecule is COc1ccccc1[C@H](O)Cn1cc(C(=O)Nc2ccc(Cl)c(C)c2)nn1. The van der Waals surface area contributed by atoms with Crippen molar-refractivity contribution in [3.05, 3.63) is 70.5 Å². The van der Waals surface area contributed by atoms with E-state index >= 15 is 0 Å². The molecule has 0 aliphatic carbocycles. The van der Waals surface area contributed by atoms with Crippen molar-refractivity contribution in [2.75, 3.05) is 12.4 Å². The molecule has 3 aromatic rings. The summed E-state index contributed by atoms with van der Waals surface area (Å²) in [6.45, 7) is 1.99. The molecule has 8 heteroatoms. The zero-order chi connectivity index (χ0) is 19.4. The number of hydrogen-bond acceptors (Lipinski definition) is 5. The van der Waals surface area contributed by atoms with Crippen molar-refractivity contribution in [2.45, 2.75) is 19.6 Å². The number of amides is 1. The molecule has 2 N–H and O–H groups in total. The van der Waals surface area contributed by atoms with E-state index in [1.807, 2.05) is 19.1 Å². The molecule has 140 valence electrons. The highest BCUT2D eigenvalue weighted by molar-refractivity contribution is 6.31. The summed E-state index contributed by atoms with van der Waals surface area (Å²) in [6, 6.07) is 12.4. The predicted octanol–water partition coefficient (Wildman–Crippen LogP) is 3.23. The Hall–Kier alpha value is -2.90. The van der Waals surface area contributed by atoms with E-state index in [0.29, 0.717) is 22.0 Å². The summed E-state index contributed by atoms with van der Waals surface area (Å²) in [7, 11) is 1.54. The third-order valence-electron chi connectivity index (χ3n) is 4.05. The first-order valence-corrected chi connectivity index (χ1v) is 8.64. The van der Waals surface area contributed by atoms with Crippen LogP contribution in [-0.4, -0.2) is 33.1 Å². The van der Waals surface area contributed by atoms with E-state index in [0.717, 1.165) is 5.56 Å². The fraction of sp³-hybridized carbons (Fsp3) is 0.211. The van der Waals surface area contributed by atoms with Crippen molar-refractivity contribution in [3.8, 4) is 5.75 Å². The Morgan fingerprint density at radius 3 is 2.85 bits per heavy atom. The Bertz CT molecular complexity index is 958. The van der Waals surface area contributed by atoms with Crippen LogP contribution < -0.4 is 10.1 Å². The van der Waals surface area contributed by atoms with Gasteiger partial charge in [-0.2, -0.15) is 0 Å². The highest BCUT2D eigenvalue weighted by Gasteiger charge is 2.16. The average molecular weight is 387 g/mol. The Labute approximate surface area is 161 Å². The molecule has 0 spiro atoms. The van der Waals surface area contributed by atoms with Gasteiger partial charge in [0.15, 0.2) is 5.69 Å². The number of halogens is 1. The quantitative estimate of drug-likeness (QED) is 0.678. The van der Waals surface area contributed by atoms with Gasteiger partial charge in [0.25, 0.3) is 5.91 Å². The molecule has 0 aliphatic heterocycles. The van der Waals surface area contributed by atoms with E-state index in [-0.39, 0.29) is 12.2 Å². The van der Waals surface area contributed by atoms with Gasteiger partial charge in [0.05, 0.1) is 19.9 Å². The molecule has 0 unspecified atom stereocenters. The molecule has 1 amide bonds. The molecule has 1 heterocycles. The lowest BCUT2D eigenvalue weighted by Crippen LogP contribution is -2.13. The Kier molecular flexibility index (Phi) is 5.73. The molecule has 0 saturated carbocycles. The zero-order valence-electron chi connectivity index (χ0n) is 14.9. The molecule has 2 aromatic carbocycles. The van der Waals surface area contributed by atoms with Crippen molar-refractivity contribution >= 4 is 23.2 Å². The largest absolute Gasteiger partial charge is 0.496 e. The smallest absolute Gasteiger partial charge is 0.277 e. The van der Waals surface area contributed by atoms with Crippen LogP contribution in [0.4, 0.5) is 5.69 Å². The summed E-state index contributed by atoms with van der Waals surface area (Å²) in [4.78, 5) is 12.3. The summed E-state index contributed by atoms with van der Waals surface area (Å²) in [5, 5.41) is 21.6. The number of rotatable bonds is 6. The molecule has 1 aromatic heterocycles. The molecule has 0 bridgehead atoms. The van der Waals surface area contributed by atoms with Crippen LogP contribution >= 0.6 is 11.6 Å². The fourth-order valence-corrected chi connectivity index (χ4v) is 2.74. The first-order chi connectivity index (χ1) is 13.0. The van der Waals surface area contributed by atoms with Crippen molar-refractivity contribution in [1.29, 1.82) is 0 Å². The number of benzene rings is 2. The highest BCUT2D eigenvalue weighted by Crippen LogP contribution is 2.25. The minimum absolute atomic E-state index is 0.140. The molecular weight excluding hydrogens is 368 g/mol. The van der Waals surface area contributed by atoms with Gasteiger partial charge in [-0.25, -0.2) is 4.68 Å². The standard InChI is InChI=1S/C19H19ClN4O3/c1-12-9-13(7-8-15(12)20)21-19(26)16-10-24(23-22-16)11-17(25)14-5-3-4-6-18(14)27-2/h3-10,17,25H,11H2,1-2H3,(H,21,26)/t17-/m1/s1. The third-order valence-corrected chi connectivity index (χ3v) is 4.47. The van der Waals surface area contributed by atoms with E-state index in [9.17, 15) is 9.90 Å². The normalized spacial score (nSPS) is 11.9. The number of para-hydroxylation sites is 1. The van der Waals surface area contributed by atoms with Gasteiger partial charge >= 0.3 is 0 Å². The number of aliphatic hydroxyl groups excluding tert-OH is 1. The number of nitrogens with zero attached hydrogens (tertiary/aromatic N) is 3. The Balaban J connectivity index is 1.68. The average Bonchev–Trinajstić information content (AvgIpc) is 3.13. The minimum Gasteiger partial charge on any atom is -0.496 e. The van der Waals surface area contributed by atoms with Gasteiger partial charge in [-0.3, -0.25) is 4.79 Å². The van der Waals surface area contributed by atoms with Gasteiger partial charge in [0.2, 0.25) is 0 Å². The Morgan fingerprint density at radius 1 is 1.33 bits per heavy atom. The summed E-state index contributed by atoms with van der Waals surface area (Å²) < 4.78 is 6.67. The monoisotopic (exact) mass is 386 g/mol. The number of nitrogens with one attached hydrogen (secondary N) is 1. The zero-order valence-corrected chi connectivity index (χ0v) is 15.6. The first-order valence-electron chi connectivity index (χ1n) is 8.26. The van der Waals surface area contributed by atoms with E-state index in [4.69, 9.17) is 16.3 Å². The minimum atomic E-state index is -0.849. The van der Waals surface area contributed by atoms with Crippen LogP contribution in [0.2, 0.25) is 5.02 Å². The molecule has 7 nitrogen and oxygen atoms in total. The number of aromatic nitrogens is 3. The van der Waals surface area contributed by atoms with Crippen LogP contribution in [0.25, 0.3) is 0 Å². The number of aliphatic hydroxyl groups is 1. The summed E-state index contributed by atoms with van der Waals surface area (Å²) in [5.41, 5.74) is 2.26. The molecule has 0 radical (unpaired) electrons. The van der Waals surface area contributed by atoms with E-state index in [2.05, 4.69) is 15.6 Å². The van der Waals surface area contributed by atoms with Crippen LogP contribution in [0.3, 0.4) is 0 Å². The van der Waals surface area contributed by atoms with Crippen LogP contribution in [0.1, 0.15) is 27.7 Å². The maximum Gasteiger partial charge on any atom is 0.277 e. The molecule has 0 saturated heterocycles. The second kappa shape index (κ2) is 8.20. The lowest BCUT2D eigenvalue weighted by Gasteiger charge is -2.14. The number of anilines is 1. The highest BCUT2D eigenvalue weighted by atomic mass is 35.5. The summed E-state index contributed by atoms with van der Waals surface area (Å²) in [5.74, 6) is 0.191. The number of carbonyl (C=O) groups is 1. The van der Waals surface area contributed by atoms with E-state index in [1.54, 1.807) is 37.4 Å². The number of aryl methyl sites for hydroxylation is 1. The maximum absolute atomic E-state index is 12.3. The Morgan fingerprint density at radius 2 is 2.11 bits per heavy atom. The summed E-state index contributed by atoms with van der Waals surface area (Å²) >= 11 is 5.99. The fourth-order valence-electron chi connectivity index (χ4n) is 2.63. The van der Waals surface area contributed by atoms with Crippen LogP contribution in [-0.2, 0) is 6.54 Å². The van der Waals surface area contributed by atoms with Gasteiger partial charge in [-0.15, -0.1) is 5.10 Å². The number of hydrogen-bond donors (Lipinski definition) is 2. The lowest BCUT2D eigenvalue weighted by atomic mass is 10.1. The van der Waals surface area contributed by atoms with Crippen LogP contribution in [0.15, 0.2) is 48.7 Å². The molecule has 0 aliphatic rings. The van der Waals surface area contributed by atoms with Gasteiger partial charge in [-0.05, 0) is 36.8 Å². The second-order valence-corrected chi connectivity index (χ2v) is 6.41. The number of carbonyl (C=O) groups excluding carboxylic acids is 1. The van der Waals surface area contributed by atoms with Gasteiger partial charge in [-0.1, -0.05) is 35.0 Å². The predicted molar refractivity (Wildman–Crippen MR) is 102 cm³/mol. The van der Waals surface area contributed by atoms with Gasteiger partial charge < -0.3 is 15.2 Å². The maximum atomic E-state index is 12.3. The van der Waals surface area contributed by atoms with Gasteiger partial charge in [0.1, 0.15) is 11.9 Å². The van der Waals surface area contributed by atoms with E-state index in [1.165, 1.54) is 10.9 Å². The first kappa shape index (κ1) is 18.9. The lowest BCUT2D eigenvalue weighted by molar-refractivity contribution is 0.102. The number of methoxy groups -OCH3 is 1. The summed E-state index contributed by atoms with van der Waals surface area (Å²) in [6.07, 6.45) is 0.634. The molecular formula is C19H19ClN4O3. The molecule has 27 heavy (non-hydrogen) atoms. The van der Waals surface area contributed by atoms with Crippen molar-refractivity contribution in [2.24, 2.45) is 0 Å². The third kappa shape index (κ3) is 4.45. The van der Waals surface area contributed by atoms with Crippen molar-refractivity contribution < 1.29 is 14.6 Å². The number of ether oxygens (including phenoxy) is 1. The molecule has 1 atom stereocenters. The van der Waals surface area contributed by atoms with Crippen molar-refractivity contribution in [1.82, 2.24) is 15.0 Å². The van der Waals surface area contributed by atoms with E-state index < -0.39 is 12.0 Å². The van der Waals surface area contributed by atoms with Crippen LogP contribution in [0, 0.1) is 6.92 Å². The van der Waals surface area contributed by atoms with Crippen molar-refractivity contribution in [3.63, 3.8) is 0 Å². The van der Waals surface area contributed by atoms with Crippen LogP contribution in [0.5, 0.6) is 5.75 Å². The topological polar surface area (TPSA) is 89.3 Å².